The molecule has 108 valence electrons. The summed E-state index contributed by atoms with van der Waals surface area (Å²) >= 11 is 0. The summed E-state index contributed by atoms with van der Waals surface area (Å²) < 4.78 is 10.5. The van der Waals surface area contributed by atoms with Crippen molar-refractivity contribution in [1.82, 2.24) is 0 Å². The Morgan fingerprint density at radius 1 is 1.05 bits per heavy atom. The topological polar surface area (TPSA) is 54.3 Å². The van der Waals surface area contributed by atoms with Crippen LogP contribution in [0.15, 0.2) is 42.5 Å². The summed E-state index contributed by atoms with van der Waals surface area (Å²) in [5.41, 5.74) is 3.54. The normalized spacial score (nSPS) is 9.95. The number of hydrogen-bond donors (Lipinski definition) is 1. The van der Waals surface area contributed by atoms with Crippen LogP contribution in [-0.2, 0) is 17.9 Å². The second-order valence-corrected chi connectivity index (χ2v) is 4.55. The van der Waals surface area contributed by atoms with E-state index in [1.54, 1.807) is 26.4 Å². The van der Waals surface area contributed by atoms with Gasteiger partial charge in [0.15, 0.2) is 0 Å². The fourth-order valence-electron chi connectivity index (χ4n) is 2.19. The standard InChI is InChI=1S/C17H18N2O2/c1-20-12-15-7-4-3-6-14(15)11-19-17-13(10-18)8-5-9-16(17)21-2/h3-9,19H,11-12H2,1-2H3. The molecule has 0 aliphatic rings. The number of nitriles is 1. The number of methoxy groups -OCH3 is 2. The van der Waals surface area contributed by atoms with Gasteiger partial charge in [0.05, 0.1) is 25.0 Å². The van der Waals surface area contributed by atoms with Crippen LogP contribution in [0.1, 0.15) is 16.7 Å². The average Bonchev–Trinajstić information content (AvgIpc) is 2.54. The molecule has 0 fully saturated rings. The first-order valence-electron chi connectivity index (χ1n) is 6.66. The minimum Gasteiger partial charge on any atom is -0.495 e. The molecule has 0 spiro atoms. The van der Waals surface area contributed by atoms with Crippen molar-refractivity contribution in [3.05, 3.63) is 59.2 Å². The SMILES string of the molecule is COCc1ccccc1CNc1c(C#N)cccc1OC. The Hall–Kier alpha value is -2.51. The molecule has 0 bridgehead atoms. The highest BCUT2D eigenvalue weighted by Crippen LogP contribution is 2.28. The molecule has 0 heterocycles. The number of nitrogens with zero attached hydrogens (tertiary/aromatic N) is 1. The van der Waals surface area contributed by atoms with E-state index in [1.807, 2.05) is 30.3 Å². The molecular weight excluding hydrogens is 264 g/mol. The van der Waals surface area contributed by atoms with Crippen molar-refractivity contribution in [3.8, 4) is 11.8 Å². The molecule has 0 radical (unpaired) electrons. The number of rotatable bonds is 6. The number of nitrogens with one attached hydrogen (secondary N) is 1. The van der Waals surface area contributed by atoms with Crippen molar-refractivity contribution in [2.75, 3.05) is 19.5 Å². The van der Waals surface area contributed by atoms with Gasteiger partial charge in [0, 0.05) is 13.7 Å². The molecule has 0 unspecified atom stereocenters. The maximum atomic E-state index is 9.21. The lowest BCUT2D eigenvalue weighted by atomic mass is 10.1. The maximum absolute atomic E-state index is 9.21. The summed E-state index contributed by atoms with van der Waals surface area (Å²) in [7, 11) is 3.28. The lowest BCUT2D eigenvalue weighted by Crippen LogP contribution is -2.06. The van der Waals surface area contributed by atoms with E-state index >= 15 is 0 Å². The second-order valence-electron chi connectivity index (χ2n) is 4.55. The van der Waals surface area contributed by atoms with Crippen molar-refractivity contribution in [2.24, 2.45) is 0 Å². The van der Waals surface area contributed by atoms with Gasteiger partial charge in [0.2, 0.25) is 0 Å². The molecule has 21 heavy (non-hydrogen) atoms. The molecular formula is C17H18N2O2. The van der Waals surface area contributed by atoms with Gasteiger partial charge >= 0.3 is 0 Å². The van der Waals surface area contributed by atoms with E-state index in [-0.39, 0.29) is 0 Å². The van der Waals surface area contributed by atoms with Crippen LogP contribution in [0.4, 0.5) is 5.69 Å². The van der Waals surface area contributed by atoms with Gasteiger partial charge < -0.3 is 14.8 Å². The molecule has 0 atom stereocenters. The summed E-state index contributed by atoms with van der Waals surface area (Å²) in [5, 5.41) is 12.5. The lowest BCUT2D eigenvalue weighted by molar-refractivity contribution is 0.184. The minimum atomic E-state index is 0.564. The van der Waals surface area contributed by atoms with Gasteiger partial charge in [-0.3, -0.25) is 0 Å². The summed E-state index contributed by atoms with van der Waals surface area (Å²) in [4.78, 5) is 0. The van der Waals surface area contributed by atoms with Crippen LogP contribution in [-0.4, -0.2) is 14.2 Å². The highest BCUT2D eigenvalue weighted by Gasteiger charge is 2.09. The van der Waals surface area contributed by atoms with Crippen LogP contribution in [0.3, 0.4) is 0 Å². The molecule has 0 saturated carbocycles. The summed E-state index contributed by atoms with van der Waals surface area (Å²) in [6.45, 7) is 1.17. The first-order chi connectivity index (χ1) is 10.3. The Balaban J connectivity index is 2.23. The highest BCUT2D eigenvalue weighted by atomic mass is 16.5. The number of hydrogen-bond acceptors (Lipinski definition) is 4. The zero-order chi connectivity index (χ0) is 15.1. The van der Waals surface area contributed by atoms with E-state index in [2.05, 4.69) is 11.4 Å². The fraction of sp³-hybridized carbons (Fsp3) is 0.235. The Kier molecular flexibility index (Phi) is 5.19. The van der Waals surface area contributed by atoms with Crippen molar-refractivity contribution in [1.29, 1.82) is 5.26 Å². The third-order valence-electron chi connectivity index (χ3n) is 3.24. The molecule has 0 aliphatic heterocycles. The fourth-order valence-corrected chi connectivity index (χ4v) is 2.19. The quantitative estimate of drug-likeness (QED) is 0.883. The van der Waals surface area contributed by atoms with Gasteiger partial charge in [-0.1, -0.05) is 30.3 Å². The maximum Gasteiger partial charge on any atom is 0.143 e. The smallest absolute Gasteiger partial charge is 0.143 e. The summed E-state index contributed by atoms with van der Waals surface area (Å²) in [5.74, 6) is 0.665. The Morgan fingerprint density at radius 2 is 1.81 bits per heavy atom. The largest absolute Gasteiger partial charge is 0.495 e. The third-order valence-corrected chi connectivity index (χ3v) is 3.24. The van der Waals surface area contributed by atoms with Gasteiger partial charge in [0.1, 0.15) is 11.8 Å². The Bertz CT molecular complexity index is 647. The molecule has 4 heteroatoms. The van der Waals surface area contributed by atoms with Crippen molar-refractivity contribution in [3.63, 3.8) is 0 Å². The van der Waals surface area contributed by atoms with Gasteiger partial charge in [-0.05, 0) is 23.3 Å². The molecule has 4 nitrogen and oxygen atoms in total. The molecule has 2 aromatic carbocycles. The minimum absolute atomic E-state index is 0.564. The van der Waals surface area contributed by atoms with Gasteiger partial charge in [-0.25, -0.2) is 0 Å². The number of benzene rings is 2. The zero-order valence-corrected chi connectivity index (χ0v) is 12.2. The summed E-state index contributed by atoms with van der Waals surface area (Å²) in [6, 6.07) is 15.7. The predicted molar refractivity (Wildman–Crippen MR) is 82.2 cm³/mol. The second kappa shape index (κ2) is 7.32. The number of para-hydroxylation sites is 1. The third kappa shape index (κ3) is 3.53. The van der Waals surface area contributed by atoms with Crippen LogP contribution >= 0.6 is 0 Å². The molecule has 2 aromatic rings. The van der Waals surface area contributed by atoms with E-state index in [0.29, 0.717) is 24.5 Å². The van der Waals surface area contributed by atoms with Gasteiger partial charge in [0.25, 0.3) is 0 Å². The van der Waals surface area contributed by atoms with Crippen LogP contribution in [0.5, 0.6) is 5.75 Å². The van der Waals surface area contributed by atoms with E-state index in [9.17, 15) is 5.26 Å². The molecule has 1 N–H and O–H groups in total. The van der Waals surface area contributed by atoms with Crippen LogP contribution < -0.4 is 10.1 Å². The lowest BCUT2D eigenvalue weighted by Gasteiger charge is -2.14. The van der Waals surface area contributed by atoms with Crippen molar-refractivity contribution in [2.45, 2.75) is 13.2 Å². The molecule has 0 aromatic heterocycles. The van der Waals surface area contributed by atoms with E-state index in [1.165, 1.54) is 0 Å². The summed E-state index contributed by atoms with van der Waals surface area (Å²) in [6.07, 6.45) is 0. The van der Waals surface area contributed by atoms with Crippen molar-refractivity contribution < 1.29 is 9.47 Å². The number of ether oxygens (including phenoxy) is 2. The molecule has 0 saturated heterocycles. The first-order valence-corrected chi connectivity index (χ1v) is 6.66. The Morgan fingerprint density at radius 3 is 2.48 bits per heavy atom. The monoisotopic (exact) mass is 282 g/mol. The molecule has 2 rings (SSSR count). The molecule has 0 aliphatic carbocycles. The van der Waals surface area contributed by atoms with Crippen molar-refractivity contribution >= 4 is 5.69 Å². The van der Waals surface area contributed by atoms with E-state index < -0.39 is 0 Å². The average molecular weight is 282 g/mol. The van der Waals surface area contributed by atoms with E-state index in [0.717, 1.165) is 16.8 Å². The van der Waals surface area contributed by atoms with Crippen LogP contribution in [0, 0.1) is 11.3 Å². The first kappa shape index (κ1) is 14.9. The van der Waals surface area contributed by atoms with Gasteiger partial charge in [-0.15, -0.1) is 0 Å². The zero-order valence-electron chi connectivity index (χ0n) is 12.2. The number of anilines is 1. The van der Waals surface area contributed by atoms with Crippen LogP contribution in [0.2, 0.25) is 0 Å². The molecule has 0 amide bonds. The highest BCUT2D eigenvalue weighted by molar-refractivity contribution is 5.66. The Labute approximate surface area is 124 Å². The van der Waals surface area contributed by atoms with Gasteiger partial charge in [-0.2, -0.15) is 5.26 Å². The predicted octanol–water partition coefficient (Wildman–Crippen LogP) is 3.33. The van der Waals surface area contributed by atoms with Crippen LogP contribution in [0.25, 0.3) is 0 Å². The van der Waals surface area contributed by atoms with E-state index in [4.69, 9.17) is 9.47 Å².